The molecule has 0 radical (unpaired) electrons. The van der Waals surface area contributed by atoms with E-state index in [2.05, 4.69) is 27.6 Å². The molecule has 0 bridgehead atoms. The topological polar surface area (TPSA) is 88.9 Å². The predicted molar refractivity (Wildman–Crippen MR) is 94.1 cm³/mol. The molecule has 2 amide bonds. The van der Waals surface area contributed by atoms with Gasteiger partial charge < -0.3 is 5.32 Å². The van der Waals surface area contributed by atoms with E-state index >= 15 is 0 Å². The molecule has 3 rings (SSSR count). The van der Waals surface area contributed by atoms with E-state index in [1.54, 1.807) is 4.68 Å². The highest BCUT2D eigenvalue weighted by Crippen LogP contribution is 2.23. The van der Waals surface area contributed by atoms with Crippen LogP contribution in [-0.4, -0.2) is 33.1 Å². The summed E-state index contributed by atoms with van der Waals surface area (Å²) in [4.78, 5) is 28.8. The first-order valence-corrected chi connectivity index (χ1v) is 8.74. The van der Waals surface area contributed by atoms with Gasteiger partial charge in [-0.05, 0) is 18.4 Å². The number of unbranched alkanes of at least 4 members (excludes halogenated alkanes) is 1. The molecule has 2 N–H and O–H groups in total. The van der Waals surface area contributed by atoms with Crippen LogP contribution in [0.15, 0.2) is 30.3 Å². The van der Waals surface area contributed by atoms with E-state index in [9.17, 15) is 9.59 Å². The number of anilines is 1. The Bertz CT molecular complexity index is 741. The smallest absolute Gasteiger partial charge is 0.245 e. The number of rotatable bonds is 7. The highest BCUT2D eigenvalue weighted by molar-refractivity contribution is 5.96. The Balaban J connectivity index is 1.64. The summed E-state index contributed by atoms with van der Waals surface area (Å²) in [5.41, 5.74) is 1.16. The summed E-state index contributed by atoms with van der Waals surface area (Å²) in [6, 6.07) is 9.32. The van der Waals surface area contributed by atoms with E-state index < -0.39 is 6.04 Å². The fourth-order valence-corrected chi connectivity index (χ4v) is 2.84. The molecular formula is C18H23N5O2. The first-order chi connectivity index (χ1) is 12.2. The van der Waals surface area contributed by atoms with Crippen LogP contribution in [0.5, 0.6) is 0 Å². The first-order valence-electron chi connectivity index (χ1n) is 8.74. The predicted octanol–water partition coefficient (Wildman–Crippen LogP) is 1.86. The van der Waals surface area contributed by atoms with Crippen molar-refractivity contribution in [2.45, 2.75) is 45.1 Å². The Morgan fingerprint density at radius 3 is 2.88 bits per heavy atom. The number of amides is 2. The lowest BCUT2D eigenvalue weighted by Crippen LogP contribution is -2.39. The lowest BCUT2D eigenvalue weighted by Gasteiger charge is -2.22. The molecule has 1 aliphatic heterocycles. The standard InChI is InChI=1S/C18H23N5O2/c1-2-3-9-15-20-18-21-16(24)12-14(23(18)22-15)17(25)19-11-10-13-7-5-4-6-8-13/h4-8,14H,2-3,9-12H2,1H3,(H,19,25)(H,20,21,22,24)/t14-/m0/s1. The van der Waals surface area contributed by atoms with Crippen LogP contribution in [0.2, 0.25) is 0 Å². The molecule has 0 saturated heterocycles. The second-order valence-corrected chi connectivity index (χ2v) is 6.19. The number of carbonyl (C=O) groups excluding carboxylic acids is 2. The number of aromatic nitrogens is 3. The molecule has 0 aliphatic carbocycles. The quantitative estimate of drug-likeness (QED) is 0.804. The zero-order valence-electron chi connectivity index (χ0n) is 14.4. The van der Waals surface area contributed by atoms with E-state index in [4.69, 9.17) is 0 Å². The SMILES string of the molecule is CCCCc1nc2n(n1)[C@H](C(=O)NCCc1ccccc1)CC(=O)N2. The van der Waals surface area contributed by atoms with Gasteiger partial charge in [0.2, 0.25) is 17.8 Å². The van der Waals surface area contributed by atoms with E-state index in [0.29, 0.717) is 18.3 Å². The average Bonchev–Trinajstić information content (AvgIpc) is 3.02. The molecule has 0 unspecified atom stereocenters. The van der Waals surface area contributed by atoms with Crippen molar-refractivity contribution in [1.29, 1.82) is 0 Å². The summed E-state index contributed by atoms with van der Waals surface area (Å²) in [6.07, 6.45) is 3.60. The van der Waals surface area contributed by atoms with E-state index in [-0.39, 0.29) is 18.2 Å². The average molecular weight is 341 g/mol. The Kier molecular flexibility index (Phi) is 5.42. The molecule has 7 nitrogen and oxygen atoms in total. The molecule has 0 saturated carbocycles. The summed E-state index contributed by atoms with van der Waals surface area (Å²) in [6.45, 7) is 2.62. The highest BCUT2D eigenvalue weighted by Gasteiger charge is 2.32. The molecule has 0 fully saturated rings. The normalized spacial score (nSPS) is 16.2. The lowest BCUT2D eigenvalue weighted by atomic mass is 10.1. The minimum Gasteiger partial charge on any atom is -0.354 e. The van der Waals surface area contributed by atoms with Crippen LogP contribution >= 0.6 is 0 Å². The zero-order valence-corrected chi connectivity index (χ0v) is 14.4. The van der Waals surface area contributed by atoms with Crippen LogP contribution in [0.1, 0.15) is 43.6 Å². The number of nitrogens with one attached hydrogen (secondary N) is 2. The van der Waals surface area contributed by atoms with Crippen molar-refractivity contribution in [3.8, 4) is 0 Å². The number of fused-ring (bicyclic) bond motifs is 1. The van der Waals surface area contributed by atoms with Gasteiger partial charge in [-0.2, -0.15) is 10.1 Å². The highest BCUT2D eigenvalue weighted by atomic mass is 16.2. The monoisotopic (exact) mass is 341 g/mol. The second kappa shape index (κ2) is 7.92. The van der Waals surface area contributed by atoms with Gasteiger partial charge in [-0.3, -0.25) is 14.9 Å². The number of hydrogen-bond donors (Lipinski definition) is 2. The van der Waals surface area contributed by atoms with E-state index in [1.165, 1.54) is 0 Å². The van der Waals surface area contributed by atoms with Gasteiger partial charge in [0.05, 0.1) is 6.42 Å². The zero-order chi connectivity index (χ0) is 17.6. The Morgan fingerprint density at radius 1 is 1.32 bits per heavy atom. The molecular weight excluding hydrogens is 318 g/mol. The molecule has 7 heteroatoms. The number of benzene rings is 1. The Morgan fingerprint density at radius 2 is 2.12 bits per heavy atom. The van der Waals surface area contributed by atoms with Crippen molar-refractivity contribution in [2.24, 2.45) is 0 Å². The fourth-order valence-electron chi connectivity index (χ4n) is 2.84. The molecule has 1 aliphatic rings. The van der Waals surface area contributed by atoms with Crippen molar-refractivity contribution in [3.05, 3.63) is 41.7 Å². The minimum absolute atomic E-state index is 0.0841. The van der Waals surface area contributed by atoms with Crippen LogP contribution in [-0.2, 0) is 22.4 Å². The van der Waals surface area contributed by atoms with Gasteiger partial charge in [0, 0.05) is 13.0 Å². The van der Waals surface area contributed by atoms with E-state index in [1.807, 2.05) is 30.3 Å². The number of carbonyl (C=O) groups is 2. The van der Waals surface area contributed by atoms with Gasteiger partial charge in [-0.25, -0.2) is 4.68 Å². The molecule has 1 atom stereocenters. The lowest BCUT2D eigenvalue weighted by molar-refractivity contribution is -0.128. The summed E-state index contributed by atoms with van der Waals surface area (Å²) < 4.78 is 1.55. The molecule has 2 aromatic rings. The van der Waals surface area contributed by atoms with Gasteiger partial charge in [-0.15, -0.1) is 0 Å². The van der Waals surface area contributed by atoms with Crippen molar-refractivity contribution < 1.29 is 9.59 Å². The molecule has 0 spiro atoms. The van der Waals surface area contributed by atoms with Gasteiger partial charge in [0.25, 0.3) is 0 Å². The number of nitrogens with zero attached hydrogens (tertiary/aromatic N) is 3. The second-order valence-electron chi connectivity index (χ2n) is 6.19. The molecule has 132 valence electrons. The van der Waals surface area contributed by atoms with Crippen LogP contribution in [0.3, 0.4) is 0 Å². The fraction of sp³-hybridized carbons (Fsp3) is 0.444. The molecule has 1 aromatic heterocycles. The van der Waals surface area contributed by atoms with Gasteiger partial charge >= 0.3 is 0 Å². The molecule has 2 heterocycles. The number of hydrogen-bond acceptors (Lipinski definition) is 4. The molecule has 25 heavy (non-hydrogen) atoms. The van der Waals surface area contributed by atoms with Crippen LogP contribution in [0, 0.1) is 0 Å². The summed E-state index contributed by atoms with van der Waals surface area (Å²) >= 11 is 0. The Hall–Kier alpha value is -2.70. The maximum Gasteiger partial charge on any atom is 0.245 e. The van der Waals surface area contributed by atoms with Crippen LogP contribution in [0.25, 0.3) is 0 Å². The van der Waals surface area contributed by atoms with Crippen molar-refractivity contribution >= 4 is 17.8 Å². The van der Waals surface area contributed by atoms with Crippen molar-refractivity contribution in [3.63, 3.8) is 0 Å². The van der Waals surface area contributed by atoms with Gasteiger partial charge in [0.15, 0.2) is 5.82 Å². The Labute approximate surface area is 146 Å². The minimum atomic E-state index is -0.637. The molecule has 1 aromatic carbocycles. The summed E-state index contributed by atoms with van der Waals surface area (Å²) in [5, 5.41) is 10.0. The first kappa shape index (κ1) is 17.1. The largest absolute Gasteiger partial charge is 0.354 e. The van der Waals surface area contributed by atoms with Crippen molar-refractivity contribution in [2.75, 3.05) is 11.9 Å². The van der Waals surface area contributed by atoms with Crippen molar-refractivity contribution in [1.82, 2.24) is 20.1 Å². The van der Waals surface area contributed by atoms with Gasteiger partial charge in [0.1, 0.15) is 6.04 Å². The summed E-state index contributed by atoms with van der Waals surface area (Å²) in [7, 11) is 0. The van der Waals surface area contributed by atoms with Gasteiger partial charge in [-0.1, -0.05) is 43.7 Å². The number of aryl methyl sites for hydroxylation is 1. The van der Waals surface area contributed by atoms with E-state index in [0.717, 1.165) is 31.2 Å². The maximum absolute atomic E-state index is 12.5. The third-order valence-electron chi connectivity index (χ3n) is 4.21. The van der Waals surface area contributed by atoms with Crippen LogP contribution in [0.4, 0.5) is 5.95 Å². The third kappa shape index (κ3) is 4.23. The third-order valence-corrected chi connectivity index (χ3v) is 4.21. The van der Waals surface area contributed by atoms with Crippen LogP contribution < -0.4 is 10.6 Å². The maximum atomic E-state index is 12.5. The summed E-state index contributed by atoms with van der Waals surface area (Å²) in [5.74, 6) is 0.635.